The second kappa shape index (κ2) is 3.75. The highest BCUT2D eigenvalue weighted by Crippen LogP contribution is 2.29. The average molecular weight is 160 g/mol. The lowest BCUT2D eigenvalue weighted by Gasteiger charge is -2.24. The van der Waals surface area contributed by atoms with Crippen LogP contribution in [0.5, 0.6) is 0 Å². The van der Waals surface area contributed by atoms with Gasteiger partial charge in [-0.05, 0) is 37.5 Å². The normalized spacial score (nSPS) is 34.0. The molecule has 2 rings (SSSR count). The lowest BCUT2D eigenvalue weighted by atomic mass is 9.81. The molecule has 0 bridgehead atoms. The van der Waals surface area contributed by atoms with Crippen LogP contribution in [-0.2, 0) is 0 Å². The van der Waals surface area contributed by atoms with Crippen LogP contribution in [0, 0.1) is 11.8 Å². The number of hydrogen-bond acceptors (Lipinski definition) is 0. The molecule has 0 aliphatic heterocycles. The van der Waals surface area contributed by atoms with E-state index in [-0.39, 0.29) is 0 Å². The SMILES string of the molecule is C1=CC[C@@H]([C@H]2C=CCCC2)C=C1. The predicted octanol–water partition coefficient (Wildman–Crippen LogP) is 3.48. The van der Waals surface area contributed by atoms with Crippen molar-refractivity contribution in [1.82, 2.24) is 0 Å². The fourth-order valence-electron chi connectivity index (χ4n) is 2.11. The van der Waals surface area contributed by atoms with Crippen molar-refractivity contribution in [2.75, 3.05) is 0 Å². The summed E-state index contributed by atoms with van der Waals surface area (Å²) in [6.07, 6.45) is 19.1. The first kappa shape index (κ1) is 7.85. The van der Waals surface area contributed by atoms with Gasteiger partial charge in [0.15, 0.2) is 0 Å². The van der Waals surface area contributed by atoms with Gasteiger partial charge in [-0.2, -0.15) is 0 Å². The predicted molar refractivity (Wildman–Crippen MR) is 52.9 cm³/mol. The van der Waals surface area contributed by atoms with Crippen molar-refractivity contribution >= 4 is 0 Å². The maximum atomic E-state index is 2.41. The molecule has 0 saturated heterocycles. The Bertz CT molecular complexity index is 220. The number of rotatable bonds is 1. The molecular formula is C12H16. The topological polar surface area (TPSA) is 0 Å². The number of hydrogen-bond donors (Lipinski definition) is 0. The van der Waals surface area contributed by atoms with Crippen LogP contribution in [0.3, 0.4) is 0 Å². The maximum Gasteiger partial charge on any atom is -0.0133 e. The Balaban J connectivity index is 1.99. The third-order valence-electron chi connectivity index (χ3n) is 2.86. The minimum atomic E-state index is 0.784. The molecule has 0 fully saturated rings. The molecule has 0 nitrogen and oxygen atoms in total. The highest BCUT2D eigenvalue weighted by molar-refractivity contribution is 5.14. The van der Waals surface area contributed by atoms with Crippen LogP contribution in [0.1, 0.15) is 25.7 Å². The van der Waals surface area contributed by atoms with Crippen molar-refractivity contribution < 1.29 is 0 Å². The van der Waals surface area contributed by atoms with Crippen molar-refractivity contribution in [3.05, 3.63) is 36.5 Å². The standard InChI is InChI=1S/C12H16/c1-3-7-11(8-4-1)12-9-5-2-6-10-12/h1,3-5,7,9,11-12H,2,6,8,10H2/t11-,12-/m0/s1. The Morgan fingerprint density at radius 3 is 2.58 bits per heavy atom. The first-order chi connectivity index (χ1) is 5.97. The fourth-order valence-corrected chi connectivity index (χ4v) is 2.11. The van der Waals surface area contributed by atoms with Gasteiger partial charge in [0.2, 0.25) is 0 Å². The summed E-state index contributed by atoms with van der Waals surface area (Å²) in [5.41, 5.74) is 0. The van der Waals surface area contributed by atoms with Crippen LogP contribution in [0.15, 0.2) is 36.5 Å². The van der Waals surface area contributed by atoms with E-state index < -0.39 is 0 Å². The Hall–Kier alpha value is -0.780. The summed E-state index contributed by atoms with van der Waals surface area (Å²) in [5, 5.41) is 0. The average Bonchev–Trinajstić information content (AvgIpc) is 2.21. The van der Waals surface area contributed by atoms with Gasteiger partial charge >= 0.3 is 0 Å². The lowest BCUT2D eigenvalue weighted by molar-refractivity contribution is 0.421. The van der Waals surface area contributed by atoms with Crippen molar-refractivity contribution in [1.29, 1.82) is 0 Å². The molecule has 0 radical (unpaired) electrons. The van der Waals surface area contributed by atoms with Crippen molar-refractivity contribution in [2.45, 2.75) is 25.7 Å². The Morgan fingerprint density at radius 1 is 0.917 bits per heavy atom. The third kappa shape index (κ3) is 1.69. The molecule has 0 N–H and O–H groups in total. The molecule has 0 aromatic carbocycles. The molecule has 0 saturated carbocycles. The van der Waals surface area contributed by atoms with Gasteiger partial charge in [0.1, 0.15) is 0 Å². The first-order valence-corrected chi connectivity index (χ1v) is 4.97. The molecule has 0 spiro atoms. The molecule has 0 aromatic heterocycles. The highest BCUT2D eigenvalue weighted by atomic mass is 14.2. The van der Waals surface area contributed by atoms with Gasteiger partial charge in [-0.3, -0.25) is 0 Å². The fraction of sp³-hybridized carbons (Fsp3) is 0.500. The van der Waals surface area contributed by atoms with Crippen LogP contribution in [0.25, 0.3) is 0 Å². The summed E-state index contributed by atoms with van der Waals surface area (Å²) < 4.78 is 0. The molecule has 2 aliphatic rings. The minimum absolute atomic E-state index is 0.784. The zero-order valence-corrected chi connectivity index (χ0v) is 7.45. The summed E-state index contributed by atoms with van der Waals surface area (Å²) in [4.78, 5) is 0. The van der Waals surface area contributed by atoms with Gasteiger partial charge in [-0.1, -0.05) is 36.5 Å². The first-order valence-electron chi connectivity index (χ1n) is 4.97. The van der Waals surface area contributed by atoms with E-state index in [4.69, 9.17) is 0 Å². The van der Waals surface area contributed by atoms with Crippen LogP contribution < -0.4 is 0 Å². The van der Waals surface area contributed by atoms with Crippen molar-refractivity contribution in [2.24, 2.45) is 11.8 Å². The molecule has 2 atom stereocenters. The second-order valence-corrected chi connectivity index (χ2v) is 3.74. The largest absolute Gasteiger partial charge is 0.0882 e. The van der Waals surface area contributed by atoms with E-state index in [1.165, 1.54) is 25.7 Å². The van der Waals surface area contributed by atoms with Gasteiger partial charge in [0.25, 0.3) is 0 Å². The summed E-state index contributed by atoms with van der Waals surface area (Å²) in [5.74, 6) is 1.60. The van der Waals surface area contributed by atoms with Gasteiger partial charge < -0.3 is 0 Å². The quantitative estimate of drug-likeness (QED) is 0.515. The van der Waals surface area contributed by atoms with Crippen LogP contribution in [-0.4, -0.2) is 0 Å². The van der Waals surface area contributed by atoms with Gasteiger partial charge in [0.05, 0.1) is 0 Å². The number of allylic oxidation sites excluding steroid dienone is 6. The van der Waals surface area contributed by atoms with Gasteiger partial charge in [-0.25, -0.2) is 0 Å². The highest BCUT2D eigenvalue weighted by Gasteiger charge is 2.17. The molecule has 64 valence electrons. The van der Waals surface area contributed by atoms with E-state index >= 15 is 0 Å². The maximum absolute atomic E-state index is 2.41. The van der Waals surface area contributed by atoms with Crippen molar-refractivity contribution in [3.8, 4) is 0 Å². The molecular weight excluding hydrogens is 144 g/mol. The monoisotopic (exact) mass is 160 g/mol. The second-order valence-electron chi connectivity index (χ2n) is 3.74. The van der Waals surface area contributed by atoms with E-state index in [1.54, 1.807) is 0 Å². The Labute approximate surface area is 74.7 Å². The molecule has 0 amide bonds. The Kier molecular flexibility index (Phi) is 2.45. The lowest BCUT2D eigenvalue weighted by Crippen LogP contribution is -2.13. The van der Waals surface area contributed by atoms with E-state index in [2.05, 4.69) is 36.5 Å². The molecule has 0 heteroatoms. The zero-order chi connectivity index (χ0) is 8.23. The molecule has 0 heterocycles. The van der Waals surface area contributed by atoms with E-state index in [1.807, 2.05) is 0 Å². The Morgan fingerprint density at radius 2 is 1.92 bits per heavy atom. The summed E-state index contributed by atoms with van der Waals surface area (Å²) >= 11 is 0. The van der Waals surface area contributed by atoms with Crippen molar-refractivity contribution in [3.63, 3.8) is 0 Å². The zero-order valence-electron chi connectivity index (χ0n) is 7.45. The van der Waals surface area contributed by atoms with E-state index in [0.29, 0.717) is 0 Å². The molecule has 0 aromatic rings. The van der Waals surface area contributed by atoms with Crippen LogP contribution in [0.2, 0.25) is 0 Å². The van der Waals surface area contributed by atoms with E-state index in [9.17, 15) is 0 Å². The molecule has 0 unspecified atom stereocenters. The van der Waals surface area contributed by atoms with Crippen LogP contribution in [0.4, 0.5) is 0 Å². The molecule has 2 aliphatic carbocycles. The smallest absolute Gasteiger partial charge is 0.0133 e. The third-order valence-corrected chi connectivity index (χ3v) is 2.86. The summed E-state index contributed by atoms with van der Waals surface area (Å²) in [7, 11) is 0. The molecule has 12 heavy (non-hydrogen) atoms. The van der Waals surface area contributed by atoms with Gasteiger partial charge in [-0.15, -0.1) is 0 Å². The summed E-state index contributed by atoms with van der Waals surface area (Å²) in [6, 6.07) is 0. The van der Waals surface area contributed by atoms with E-state index in [0.717, 1.165) is 11.8 Å². The van der Waals surface area contributed by atoms with Gasteiger partial charge in [0, 0.05) is 0 Å². The minimum Gasteiger partial charge on any atom is -0.0882 e. The van der Waals surface area contributed by atoms with Crippen LogP contribution >= 0.6 is 0 Å². The summed E-state index contributed by atoms with van der Waals surface area (Å²) in [6.45, 7) is 0.